The predicted molar refractivity (Wildman–Crippen MR) is 81.4 cm³/mol. The Morgan fingerprint density at radius 1 is 1.29 bits per heavy atom. The van der Waals surface area contributed by atoms with Crippen molar-refractivity contribution in [2.45, 2.75) is 44.6 Å². The van der Waals surface area contributed by atoms with Crippen LogP contribution in [0.15, 0.2) is 23.1 Å². The van der Waals surface area contributed by atoms with Crippen molar-refractivity contribution < 1.29 is 13.2 Å². The maximum Gasteiger partial charge on any atom is 0.254 e. The Morgan fingerprint density at radius 3 is 2.57 bits per heavy atom. The fraction of sp³-hybridized carbons (Fsp3) is 0.533. The van der Waals surface area contributed by atoms with Crippen molar-refractivity contribution in [1.82, 2.24) is 4.90 Å². The highest BCUT2D eigenvalue weighted by molar-refractivity contribution is 7.89. The summed E-state index contributed by atoms with van der Waals surface area (Å²) in [6.07, 6.45) is 2.09. The van der Waals surface area contributed by atoms with E-state index in [-0.39, 0.29) is 16.8 Å². The molecule has 1 heterocycles. The van der Waals surface area contributed by atoms with Crippen molar-refractivity contribution in [3.05, 3.63) is 29.3 Å². The van der Waals surface area contributed by atoms with Crippen molar-refractivity contribution in [2.24, 2.45) is 11.1 Å². The summed E-state index contributed by atoms with van der Waals surface area (Å²) in [5, 5.41) is 5.20. The van der Waals surface area contributed by atoms with Gasteiger partial charge in [-0.1, -0.05) is 13.0 Å². The lowest BCUT2D eigenvalue weighted by atomic mass is 9.94. The maximum absolute atomic E-state index is 12.6. The molecule has 0 saturated carbocycles. The number of nitrogens with two attached hydrogens (primary N) is 1. The number of hydrogen-bond acceptors (Lipinski definition) is 3. The molecule has 5 nitrogen and oxygen atoms in total. The number of amides is 1. The van der Waals surface area contributed by atoms with Gasteiger partial charge in [-0.2, -0.15) is 0 Å². The number of carbonyl (C=O) groups excluding carboxylic acids is 1. The third kappa shape index (κ3) is 3.44. The van der Waals surface area contributed by atoms with Crippen molar-refractivity contribution in [1.29, 1.82) is 0 Å². The van der Waals surface area contributed by atoms with Crippen LogP contribution in [-0.2, 0) is 10.0 Å². The van der Waals surface area contributed by atoms with Crippen LogP contribution in [-0.4, -0.2) is 31.8 Å². The Kier molecular flexibility index (Phi) is 4.39. The molecule has 2 rings (SSSR count). The Balaban J connectivity index is 2.36. The summed E-state index contributed by atoms with van der Waals surface area (Å²) in [4.78, 5) is 14.5. The van der Waals surface area contributed by atoms with E-state index in [1.807, 2.05) is 11.8 Å². The number of hydrogen-bond donors (Lipinski definition) is 1. The Bertz CT molecular complexity index is 655. The molecule has 21 heavy (non-hydrogen) atoms. The van der Waals surface area contributed by atoms with E-state index in [9.17, 15) is 13.2 Å². The number of likely N-dealkylation sites (tertiary alicyclic amines) is 1. The largest absolute Gasteiger partial charge is 0.336 e. The SMILES string of the molecule is Cc1ccc(C(=O)N2CC(C)CCC2C)cc1S(N)(=O)=O. The topological polar surface area (TPSA) is 80.5 Å². The summed E-state index contributed by atoms with van der Waals surface area (Å²) in [6, 6.07) is 4.86. The zero-order valence-electron chi connectivity index (χ0n) is 12.7. The Labute approximate surface area is 126 Å². The van der Waals surface area contributed by atoms with Gasteiger partial charge in [0.25, 0.3) is 5.91 Å². The van der Waals surface area contributed by atoms with Gasteiger partial charge in [-0.15, -0.1) is 0 Å². The number of sulfonamides is 1. The summed E-state index contributed by atoms with van der Waals surface area (Å²) in [6.45, 7) is 6.52. The second kappa shape index (κ2) is 5.77. The van der Waals surface area contributed by atoms with Crippen LogP contribution in [0.1, 0.15) is 42.6 Å². The smallest absolute Gasteiger partial charge is 0.254 e. The fourth-order valence-electron chi connectivity index (χ4n) is 2.78. The van der Waals surface area contributed by atoms with Crippen LogP contribution in [0.5, 0.6) is 0 Å². The van der Waals surface area contributed by atoms with Gasteiger partial charge in [0.15, 0.2) is 0 Å². The number of rotatable bonds is 2. The minimum absolute atomic E-state index is 0.0195. The standard InChI is InChI=1S/C15H22N2O3S/c1-10-4-6-12(3)17(9-10)15(18)13-7-5-11(2)14(8-13)21(16,19)20/h5,7-8,10,12H,4,6,9H2,1-3H3,(H2,16,19,20). The molecule has 1 aromatic rings. The van der Waals surface area contributed by atoms with Crippen LogP contribution >= 0.6 is 0 Å². The van der Waals surface area contributed by atoms with E-state index < -0.39 is 10.0 Å². The predicted octanol–water partition coefficient (Wildman–Crippen LogP) is 1.90. The van der Waals surface area contributed by atoms with E-state index in [1.165, 1.54) is 6.07 Å². The molecule has 0 aliphatic carbocycles. The first-order chi connectivity index (χ1) is 9.70. The molecule has 2 N–H and O–H groups in total. The van der Waals surface area contributed by atoms with Gasteiger partial charge in [-0.25, -0.2) is 13.6 Å². The van der Waals surface area contributed by atoms with Crippen molar-refractivity contribution in [2.75, 3.05) is 6.54 Å². The molecular weight excluding hydrogens is 288 g/mol. The number of piperidine rings is 1. The normalized spacial score (nSPS) is 23.1. The van der Waals surface area contributed by atoms with Gasteiger partial charge in [0.05, 0.1) is 4.90 Å². The molecular formula is C15H22N2O3S. The number of primary sulfonamides is 1. The number of nitrogens with zero attached hydrogens (tertiary/aromatic N) is 1. The summed E-state index contributed by atoms with van der Waals surface area (Å²) < 4.78 is 23.1. The Hall–Kier alpha value is -1.40. The number of carbonyl (C=O) groups is 1. The van der Waals surface area contributed by atoms with Crippen LogP contribution in [0.25, 0.3) is 0 Å². The number of aryl methyl sites for hydroxylation is 1. The highest BCUT2D eigenvalue weighted by atomic mass is 32.2. The average molecular weight is 310 g/mol. The average Bonchev–Trinajstić information content (AvgIpc) is 2.40. The molecule has 0 bridgehead atoms. The van der Waals surface area contributed by atoms with Crippen molar-refractivity contribution >= 4 is 15.9 Å². The molecule has 2 atom stereocenters. The van der Waals surface area contributed by atoms with Gasteiger partial charge in [0.2, 0.25) is 10.0 Å². The van der Waals surface area contributed by atoms with E-state index in [0.29, 0.717) is 23.6 Å². The molecule has 1 saturated heterocycles. The first-order valence-electron chi connectivity index (χ1n) is 7.14. The van der Waals surface area contributed by atoms with Gasteiger partial charge in [0, 0.05) is 18.2 Å². The van der Waals surface area contributed by atoms with Crippen molar-refractivity contribution in [3.8, 4) is 0 Å². The minimum atomic E-state index is -3.82. The quantitative estimate of drug-likeness (QED) is 0.906. The summed E-state index contributed by atoms with van der Waals surface area (Å²) in [5.41, 5.74) is 0.930. The van der Waals surface area contributed by atoms with Crippen LogP contribution < -0.4 is 5.14 Å². The molecule has 1 aliphatic heterocycles. The summed E-state index contributed by atoms with van der Waals surface area (Å²) in [5.74, 6) is 0.340. The first kappa shape index (κ1) is 16.0. The van der Waals surface area contributed by atoms with Crippen LogP contribution in [0.2, 0.25) is 0 Å². The second-order valence-corrected chi connectivity index (χ2v) is 7.54. The molecule has 0 spiro atoms. The highest BCUT2D eigenvalue weighted by Crippen LogP contribution is 2.24. The maximum atomic E-state index is 12.6. The third-order valence-electron chi connectivity index (χ3n) is 4.12. The lowest BCUT2D eigenvalue weighted by molar-refractivity contribution is 0.0574. The van der Waals surface area contributed by atoms with E-state index in [0.717, 1.165) is 12.8 Å². The lowest BCUT2D eigenvalue weighted by Gasteiger charge is -2.37. The van der Waals surface area contributed by atoms with Crippen LogP contribution in [0, 0.1) is 12.8 Å². The second-order valence-electron chi connectivity index (χ2n) is 6.01. The molecule has 0 radical (unpaired) electrons. The monoisotopic (exact) mass is 310 g/mol. The van der Waals surface area contributed by atoms with Crippen LogP contribution in [0.3, 0.4) is 0 Å². The lowest BCUT2D eigenvalue weighted by Crippen LogP contribution is -2.45. The molecule has 1 fully saturated rings. The fourth-order valence-corrected chi connectivity index (χ4v) is 3.59. The Morgan fingerprint density at radius 2 is 1.95 bits per heavy atom. The molecule has 2 unspecified atom stereocenters. The molecule has 1 amide bonds. The minimum Gasteiger partial charge on any atom is -0.336 e. The third-order valence-corrected chi connectivity index (χ3v) is 5.17. The van der Waals surface area contributed by atoms with E-state index >= 15 is 0 Å². The van der Waals surface area contributed by atoms with E-state index in [2.05, 4.69) is 6.92 Å². The van der Waals surface area contributed by atoms with Gasteiger partial charge < -0.3 is 4.90 Å². The molecule has 1 aliphatic rings. The molecule has 6 heteroatoms. The first-order valence-corrected chi connectivity index (χ1v) is 8.69. The van der Waals surface area contributed by atoms with Crippen LogP contribution in [0.4, 0.5) is 0 Å². The molecule has 1 aromatic carbocycles. The summed E-state index contributed by atoms with van der Waals surface area (Å²) in [7, 11) is -3.82. The zero-order valence-corrected chi connectivity index (χ0v) is 13.5. The van der Waals surface area contributed by atoms with Gasteiger partial charge in [-0.05, 0) is 50.3 Å². The van der Waals surface area contributed by atoms with E-state index in [1.54, 1.807) is 19.1 Å². The molecule has 116 valence electrons. The van der Waals surface area contributed by atoms with Gasteiger partial charge >= 0.3 is 0 Å². The zero-order chi connectivity index (χ0) is 15.8. The van der Waals surface area contributed by atoms with Gasteiger partial charge in [0.1, 0.15) is 0 Å². The molecule has 0 aromatic heterocycles. The highest BCUT2D eigenvalue weighted by Gasteiger charge is 2.28. The summed E-state index contributed by atoms with van der Waals surface area (Å²) >= 11 is 0. The number of benzene rings is 1. The van der Waals surface area contributed by atoms with Crippen molar-refractivity contribution in [3.63, 3.8) is 0 Å². The van der Waals surface area contributed by atoms with Gasteiger partial charge in [-0.3, -0.25) is 4.79 Å². The van der Waals surface area contributed by atoms with E-state index in [4.69, 9.17) is 5.14 Å².